The minimum Gasteiger partial charge on any atom is -0.414 e. The number of hydrogen-bond donors (Lipinski definition) is 2. The van der Waals surface area contributed by atoms with E-state index in [0.29, 0.717) is 38.9 Å². The molecular weight excluding hydrogens is 725 g/mol. The molecule has 0 radical (unpaired) electrons. The van der Waals surface area contributed by atoms with E-state index in [1.165, 1.54) is 23.0 Å². The lowest BCUT2D eigenvalue weighted by atomic mass is 9.94. The molecule has 300 valence electrons. The maximum atomic E-state index is 13.0. The summed E-state index contributed by atoms with van der Waals surface area (Å²) >= 11 is 0. The molecule has 2 aliphatic heterocycles. The van der Waals surface area contributed by atoms with Crippen LogP contribution < -0.4 is 22.0 Å². The fourth-order valence-corrected chi connectivity index (χ4v) is 8.11. The summed E-state index contributed by atoms with van der Waals surface area (Å²) in [4.78, 5) is 57.1. The molecule has 4 heterocycles. The Hall–Kier alpha value is -3.29. The Morgan fingerprint density at radius 3 is 1.39 bits per heavy atom. The Labute approximate surface area is 321 Å². The monoisotopic (exact) mass is 786 g/mol. The molecule has 2 N–H and O–H groups in total. The van der Waals surface area contributed by atoms with Gasteiger partial charge in [0.15, 0.2) is 16.6 Å². The number of hydrogen-bond acceptors (Lipinski definition) is 10. The van der Waals surface area contributed by atoms with Gasteiger partial charge in [0.1, 0.15) is 24.1 Å². The molecule has 2 aromatic rings. The molecule has 0 spiro atoms. The van der Waals surface area contributed by atoms with Crippen molar-refractivity contribution < 1.29 is 27.9 Å². The number of rotatable bonds is 14. The standard InChI is InChI=1S/C38H62N6O8Si2/c1-25(45)39-31-17-19-43(35(47)41-31)33-21-27(29(51-33)23-49-53(9,10)37(3,4)5)15-13-14-16-28-22-34(44-20-18-32(40-26(2)46)42-36(44)48)52-30(28)24-50-54(11,12)38(6,7)8/h13-14,17-20,27-30,33-34H,15-16,21-24H2,1-12H3,(H,39,41,45,47)(H,40,42,46,48)/b14-13+/t27-,28-,29+,30+,33+,34+/m0/s1. The van der Waals surface area contributed by atoms with Crippen molar-refractivity contribution in [2.24, 2.45) is 11.8 Å². The minimum atomic E-state index is -2.07. The fraction of sp³-hybridized carbons (Fsp3) is 0.684. The van der Waals surface area contributed by atoms with Crippen LogP contribution in [-0.4, -0.2) is 73.0 Å². The molecule has 0 saturated carbocycles. The zero-order valence-corrected chi connectivity index (χ0v) is 36.2. The van der Waals surface area contributed by atoms with Gasteiger partial charge in [-0.05, 0) is 85.9 Å². The lowest BCUT2D eigenvalue weighted by Crippen LogP contribution is -2.43. The maximum Gasteiger partial charge on any atom is 0.351 e. The van der Waals surface area contributed by atoms with Gasteiger partial charge in [-0.15, -0.1) is 0 Å². The lowest BCUT2D eigenvalue weighted by molar-refractivity contribution is -0.115. The second-order valence-electron chi connectivity index (χ2n) is 17.7. The summed E-state index contributed by atoms with van der Waals surface area (Å²) in [5.41, 5.74) is -0.986. The number of anilines is 2. The first-order valence-electron chi connectivity index (χ1n) is 18.9. The minimum absolute atomic E-state index is 0.0293. The zero-order valence-electron chi connectivity index (χ0n) is 34.2. The van der Waals surface area contributed by atoms with Crippen molar-refractivity contribution in [2.75, 3.05) is 23.8 Å². The van der Waals surface area contributed by atoms with E-state index in [4.69, 9.17) is 18.3 Å². The maximum absolute atomic E-state index is 13.0. The largest absolute Gasteiger partial charge is 0.414 e. The third-order valence-electron chi connectivity index (χ3n) is 11.5. The number of carbonyl (C=O) groups excluding carboxylic acids is 2. The summed E-state index contributed by atoms with van der Waals surface area (Å²) < 4.78 is 29.2. The predicted octanol–water partition coefficient (Wildman–Crippen LogP) is 6.60. The molecule has 54 heavy (non-hydrogen) atoms. The van der Waals surface area contributed by atoms with Crippen LogP contribution in [0.2, 0.25) is 36.3 Å². The average molecular weight is 787 g/mol. The molecule has 6 atom stereocenters. The number of allylic oxidation sites excluding steroid dienone is 2. The molecule has 0 aliphatic carbocycles. The molecule has 2 saturated heterocycles. The number of nitrogens with one attached hydrogen (secondary N) is 2. The molecule has 2 fully saturated rings. The molecule has 4 rings (SSSR count). The van der Waals surface area contributed by atoms with Crippen LogP contribution in [0.5, 0.6) is 0 Å². The Morgan fingerprint density at radius 2 is 1.09 bits per heavy atom. The number of aromatic nitrogens is 4. The summed E-state index contributed by atoms with van der Waals surface area (Å²) in [5, 5.41) is 5.18. The Morgan fingerprint density at radius 1 is 0.741 bits per heavy atom. The molecule has 0 unspecified atom stereocenters. The summed E-state index contributed by atoms with van der Waals surface area (Å²) in [6.07, 6.45) is 8.68. The average Bonchev–Trinajstić information content (AvgIpc) is 3.63. The Kier molecular flexibility index (Phi) is 13.9. The Bertz CT molecular complexity index is 1650. The van der Waals surface area contributed by atoms with E-state index in [1.807, 2.05) is 0 Å². The van der Waals surface area contributed by atoms with Crippen LogP contribution in [-0.2, 0) is 27.9 Å². The first-order chi connectivity index (χ1) is 25.0. The van der Waals surface area contributed by atoms with Crippen molar-refractivity contribution in [3.05, 3.63) is 57.6 Å². The second-order valence-corrected chi connectivity index (χ2v) is 27.3. The van der Waals surface area contributed by atoms with E-state index in [9.17, 15) is 19.2 Å². The summed E-state index contributed by atoms with van der Waals surface area (Å²) in [6.45, 7) is 25.7. The molecule has 2 amide bonds. The summed E-state index contributed by atoms with van der Waals surface area (Å²) in [5.74, 6) is -0.0422. The first kappa shape index (κ1) is 43.4. The first-order valence-corrected chi connectivity index (χ1v) is 24.8. The highest BCUT2D eigenvalue weighted by atomic mass is 28.4. The predicted molar refractivity (Wildman–Crippen MR) is 214 cm³/mol. The highest BCUT2D eigenvalue weighted by Gasteiger charge is 2.43. The van der Waals surface area contributed by atoms with Gasteiger partial charge in [0.25, 0.3) is 0 Å². The van der Waals surface area contributed by atoms with Gasteiger partial charge in [0.05, 0.1) is 25.4 Å². The molecule has 2 aromatic heterocycles. The van der Waals surface area contributed by atoms with Crippen LogP contribution in [0.3, 0.4) is 0 Å². The normalized spacial score (nSPS) is 23.9. The smallest absolute Gasteiger partial charge is 0.351 e. The molecule has 16 heteroatoms. The van der Waals surface area contributed by atoms with Crippen molar-refractivity contribution in [3.8, 4) is 0 Å². The number of nitrogens with zero attached hydrogens (tertiary/aromatic N) is 4. The van der Waals surface area contributed by atoms with Crippen molar-refractivity contribution in [1.29, 1.82) is 0 Å². The molecular formula is C38H62N6O8Si2. The highest BCUT2D eigenvalue weighted by molar-refractivity contribution is 6.74. The Balaban J connectivity index is 1.51. The zero-order chi connectivity index (χ0) is 40.2. The van der Waals surface area contributed by atoms with Crippen molar-refractivity contribution in [1.82, 2.24) is 19.1 Å². The van der Waals surface area contributed by atoms with Crippen LogP contribution in [0.15, 0.2) is 46.3 Å². The van der Waals surface area contributed by atoms with E-state index >= 15 is 0 Å². The van der Waals surface area contributed by atoms with Crippen LogP contribution in [0.25, 0.3) is 0 Å². The van der Waals surface area contributed by atoms with Crippen molar-refractivity contribution in [2.45, 2.75) is 142 Å². The van der Waals surface area contributed by atoms with Crippen molar-refractivity contribution >= 4 is 40.1 Å². The number of carbonyl (C=O) groups is 2. The van der Waals surface area contributed by atoms with Crippen LogP contribution in [0.4, 0.5) is 11.6 Å². The number of ether oxygens (including phenoxy) is 2. The van der Waals surface area contributed by atoms with Crippen LogP contribution >= 0.6 is 0 Å². The van der Waals surface area contributed by atoms with Gasteiger partial charge in [0.2, 0.25) is 11.8 Å². The van der Waals surface area contributed by atoms with Gasteiger partial charge in [-0.3, -0.25) is 18.7 Å². The van der Waals surface area contributed by atoms with E-state index in [1.54, 1.807) is 24.5 Å². The van der Waals surface area contributed by atoms with Gasteiger partial charge in [-0.25, -0.2) is 9.59 Å². The topological polar surface area (TPSA) is 165 Å². The van der Waals surface area contributed by atoms with E-state index in [2.05, 4.69) is 100 Å². The molecule has 14 nitrogen and oxygen atoms in total. The van der Waals surface area contributed by atoms with Crippen molar-refractivity contribution in [3.63, 3.8) is 0 Å². The van der Waals surface area contributed by atoms with Gasteiger partial charge in [-0.2, -0.15) is 9.97 Å². The van der Waals surface area contributed by atoms with E-state index < -0.39 is 40.5 Å². The highest BCUT2D eigenvalue weighted by Crippen LogP contribution is 2.42. The SMILES string of the molecule is CC(=O)Nc1ccn([C@H]2C[C@H](C/C=C/C[C@H]3C[C@H](n4ccc(NC(C)=O)nc4=O)O[C@@H]3CO[Si](C)(C)C(C)(C)C)[C@@H](CO[Si](C)(C)C(C)(C)C)O2)c(=O)n1. The molecule has 0 bridgehead atoms. The van der Waals surface area contributed by atoms with Crippen LogP contribution in [0.1, 0.15) is 93.5 Å². The van der Waals surface area contributed by atoms with Gasteiger partial charge < -0.3 is 29.0 Å². The second kappa shape index (κ2) is 17.2. The molecule has 0 aromatic carbocycles. The summed E-state index contributed by atoms with van der Waals surface area (Å²) in [7, 11) is -4.15. The third kappa shape index (κ3) is 11.2. The fourth-order valence-electron chi connectivity index (χ4n) is 6.08. The van der Waals surface area contributed by atoms with Gasteiger partial charge in [-0.1, -0.05) is 53.7 Å². The van der Waals surface area contributed by atoms with E-state index in [0.717, 1.165) is 0 Å². The lowest BCUT2D eigenvalue weighted by Gasteiger charge is -2.37. The quantitative estimate of drug-likeness (QED) is 0.157. The number of amides is 2. The summed E-state index contributed by atoms with van der Waals surface area (Å²) in [6, 6.07) is 3.20. The van der Waals surface area contributed by atoms with Gasteiger partial charge in [0, 0.05) is 26.2 Å². The molecule has 2 aliphatic rings. The van der Waals surface area contributed by atoms with Gasteiger partial charge >= 0.3 is 11.4 Å². The van der Waals surface area contributed by atoms with Crippen LogP contribution in [0, 0.1) is 11.8 Å². The van der Waals surface area contributed by atoms with E-state index in [-0.39, 0.29) is 57.6 Å². The third-order valence-corrected chi connectivity index (χ3v) is 20.5.